The van der Waals surface area contributed by atoms with Crippen LogP contribution < -0.4 is 21.1 Å². The fourth-order valence-electron chi connectivity index (χ4n) is 4.52. The first-order valence-corrected chi connectivity index (χ1v) is 11.5. The van der Waals surface area contributed by atoms with Crippen molar-refractivity contribution < 1.29 is 4.79 Å². The van der Waals surface area contributed by atoms with Crippen molar-refractivity contribution in [3.63, 3.8) is 0 Å². The molecule has 4 aromatic rings. The first kappa shape index (κ1) is 21.8. The smallest absolute Gasteiger partial charge is 0.257 e. The summed E-state index contributed by atoms with van der Waals surface area (Å²) in [4.78, 5) is 30.3. The van der Waals surface area contributed by atoms with Crippen LogP contribution in [0, 0.1) is 6.92 Å². The van der Waals surface area contributed by atoms with E-state index in [0.29, 0.717) is 17.8 Å². The largest absolute Gasteiger partial charge is 0.378 e. The first-order valence-electron chi connectivity index (χ1n) is 11.5. The molecule has 3 N–H and O–H groups in total. The van der Waals surface area contributed by atoms with Crippen molar-refractivity contribution in [3.05, 3.63) is 81.9 Å². The topological polar surface area (TPSA) is 95.0 Å². The molecule has 2 aromatic carbocycles. The number of aromatic amines is 1. The maximum atomic E-state index is 13.5. The molecule has 0 atom stereocenters. The van der Waals surface area contributed by atoms with E-state index in [2.05, 4.69) is 37.7 Å². The lowest BCUT2D eigenvalue weighted by molar-refractivity contribution is 0.102. The number of carbonyl (C=O) groups is 1. The minimum Gasteiger partial charge on any atom is -0.378 e. The van der Waals surface area contributed by atoms with Gasteiger partial charge in [-0.05, 0) is 61.2 Å². The van der Waals surface area contributed by atoms with E-state index in [1.54, 1.807) is 16.9 Å². The van der Waals surface area contributed by atoms with Gasteiger partial charge in [0.1, 0.15) is 0 Å². The van der Waals surface area contributed by atoms with Crippen LogP contribution in [0.25, 0.3) is 10.9 Å². The summed E-state index contributed by atoms with van der Waals surface area (Å²) in [6.07, 6.45) is 5.96. The molecule has 1 aliphatic heterocycles. The zero-order valence-corrected chi connectivity index (χ0v) is 19.4. The lowest BCUT2D eigenvalue weighted by atomic mass is 10.1. The highest BCUT2D eigenvalue weighted by atomic mass is 16.1. The van der Waals surface area contributed by atoms with Crippen LogP contribution in [0.5, 0.6) is 0 Å². The Morgan fingerprint density at radius 1 is 1.09 bits per heavy atom. The van der Waals surface area contributed by atoms with Crippen molar-refractivity contribution in [2.75, 3.05) is 28.6 Å². The number of nitrogens with zero attached hydrogens (tertiary/aromatic N) is 3. The van der Waals surface area contributed by atoms with Gasteiger partial charge in [0.2, 0.25) is 5.56 Å². The zero-order chi connectivity index (χ0) is 23.7. The SMILES string of the molecule is Cc1cc(=O)[nH]c2ccc(NC(=O)c3cc(CNc4cnn(C)c4)ccc3N3CCCC3)cc12. The van der Waals surface area contributed by atoms with Gasteiger partial charge in [-0.25, -0.2) is 0 Å². The van der Waals surface area contributed by atoms with E-state index >= 15 is 0 Å². The highest BCUT2D eigenvalue weighted by Crippen LogP contribution is 2.28. The Morgan fingerprint density at radius 3 is 2.68 bits per heavy atom. The second kappa shape index (κ2) is 9.05. The molecule has 1 amide bonds. The number of amides is 1. The van der Waals surface area contributed by atoms with Crippen LogP contribution in [0.1, 0.15) is 34.3 Å². The molecule has 2 aromatic heterocycles. The van der Waals surface area contributed by atoms with Crippen LogP contribution in [-0.2, 0) is 13.6 Å². The zero-order valence-electron chi connectivity index (χ0n) is 19.4. The number of pyridine rings is 1. The number of H-pyrrole nitrogens is 1. The van der Waals surface area contributed by atoms with Crippen LogP contribution in [0.4, 0.5) is 17.1 Å². The second-order valence-electron chi connectivity index (χ2n) is 8.83. The molecule has 0 aliphatic carbocycles. The van der Waals surface area contributed by atoms with Crippen LogP contribution in [0.3, 0.4) is 0 Å². The van der Waals surface area contributed by atoms with Gasteiger partial charge in [-0.2, -0.15) is 5.10 Å². The molecule has 0 spiro atoms. The van der Waals surface area contributed by atoms with E-state index in [-0.39, 0.29) is 11.5 Å². The maximum absolute atomic E-state index is 13.5. The average molecular weight is 457 g/mol. The fourth-order valence-corrected chi connectivity index (χ4v) is 4.52. The van der Waals surface area contributed by atoms with Crippen molar-refractivity contribution in [1.82, 2.24) is 14.8 Å². The second-order valence-corrected chi connectivity index (χ2v) is 8.83. The molecule has 1 aliphatic rings. The quantitative estimate of drug-likeness (QED) is 0.407. The molecule has 1 saturated heterocycles. The number of aryl methyl sites for hydroxylation is 2. The number of benzene rings is 2. The Morgan fingerprint density at radius 2 is 1.91 bits per heavy atom. The normalized spacial score (nSPS) is 13.4. The number of fused-ring (bicyclic) bond motifs is 1. The summed E-state index contributed by atoms with van der Waals surface area (Å²) < 4.78 is 1.75. The standard InChI is InChI=1S/C26H28N6O2/c1-17-11-25(33)30-23-7-6-19(13-21(17)23)29-26(34)22-12-18(14-27-20-15-28-31(2)16-20)5-8-24(22)32-9-3-4-10-32/h5-8,11-13,15-16,27H,3-4,9-10,14H2,1-2H3,(H,29,34)(H,30,33). The van der Waals surface area contributed by atoms with Crippen LogP contribution in [0.15, 0.2) is 59.7 Å². The van der Waals surface area contributed by atoms with Gasteiger partial charge in [-0.15, -0.1) is 0 Å². The molecule has 0 unspecified atom stereocenters. The Bertz CT molecular complexity index is 1410. The Kier molecular flexibility index (Phi) is 5.79. The highest BCUT2D eigenvalue weighted by molar-refractivity contribution is 6.09. The third kappa shape index (κ3) is 4.52. The van der Waals surface area contributed by atoms with Gasteiger partial charge in [-0.3, -0.25) is 14.3 Å². The Hall–Kier alpha value is -4.07. The van der Waals surface area contributed by atoms with Gasteiger partial charge in [0.25, 0.3) is 5.91 Å². The molecule has 3 heterocycles. The molecule has 0 radical (unpaired) electrons. The first-order chi connectivity index (χ1) is 16.5. The number of nitrogens with one attached hydrogen (secondary N) is 3. The van der Waals surface area contributed by atoms with Crippen molar-refractivity contribution in [2.45, 2.75) is 26.3 Å². The molecular weight excluding hydrogens is 428 g/mol. The van der Waals surface area contributed by atoms with Crippen LogP contribution in [-0.4, -0.2) is 33.8 Å². The molecular formula is C26H28N6O2. The third-order valence-electron chi connectivity index (χ3n) is 6.26. The molecule has 5 rings (SSSR count). The van der Waals surface area contributed by atoms with E-state index in [4.69, 9.17) is 0 Å². The summed E-state index contributed by atoms with van der Waals surface area (Å²) in [5, 5.41) is 11.5. The van der Waals surface area contributed by atoms with E-state index in [0.717, 1.165) is 59.3 Å². The molecule has 8 nitrogen and oxygen atoms in total. The predicted octanol–water partition coefficient (Wildman–Crippen LogP) is 4.03. The predicted molar refractivity (Wildman–Crippen MR) is 136 cm³/mol. The van der Waals surface area contributed by atoms with Gasteiger partial charge in [0.15, 0.2) is 0 Å². The van der Waals surface area contributed by atoms with E-state index in [9.17, 15) is 9.59 Å². The lowest BCUT2D eigenvalue weighted by Gasteiger charge is -2.22. The molecule has 1 fully saturated rings. The summed E-state index contributed by atoms with van der Waals surface area (Å²) in [7, 11) is 1.88. The fraction of sp³-hybridized carbons (Fsp3) is 0.269. The molecule has 174 valence electrons. The van der Waals surface area contributed by atoms with E-state index in [1.165, 1.54) is 0 Å². The van der Waals surface area contributed by atoms with Gasteiger partial charge >= 0.3 is 0 Å². The maximum Gasteiger partial charge on any atom is 0.257 e. The number of aromatic nitrogens is 3. The summed E-state index contributed by atoms with van der Waals surface area (Å²) in [5.74, 6) is -0.147. The number of hydrogen-bond donors (Lipinski definition) is 3. The Labute approximate surface area is 197 Å². The summed E-state index contributed by atoms with van der Waals surface area (Å²) in [6.45, 7) is 4.40. The lowest BCUT2D eigenvalue weighted by Crippen LogP contribution is -2.23. The van der Waals surface area contributed by atoms with Crippen LogP contribution in [0.2, 0.25) is 0 Å². The van der Waals surface area contributed by atoms with Gasteiger partial charge in [0, 0.05) is 61.2 Å². The molecule has 34 heavy (non-hydrogen) atoms. The molecule has 8 heteroatoms. The number of hydrogen-bond acceptors (Lipinski definition) is 5. The minimum absolute atomic E-state index is 0.131. The van der Waals surface area contributed by atoms with Crippen molar-refractivity contribution >= 4 is 33.9 Å². The number of rotatable bonds is 6. The van der Waals surface area contributed by atoms with Gasteiger partial charge in [-0.1, -0.05) is 6.07 Å². The summed E-state index contributed by atoms with van der Waals surface area (Å²) in [5.41, 5.74) is 5.76. The van der Waals surface area contributed by atoms with Gasteiger partial charge < -0.3 is 20.5 Å². The third-order valence-corrected chi connectivity index (χ3v) is 6.26. The summed E-state index contributed by atoms with van der Waals surface area (Å²) >= 11 is 0. The van der Waals surface area contributed by atoms with E-state index in [1.807, 2.05) is 44.4 Å². The summed E-state index contributed by atoms with van der Waals surface area (Å²) in [6, 6.07) is 13.2. The van der Waals surface area contributed by atoms with Crippen molar-refractivity contribution in [1.29, 1.82) is 0 Å². The monoisotopic (exact) mass is 456 g/mol. The highest BCUT2D eigenvalue weighted by Gasteiger charge is 2.20. The average Bonchev–Trinajstić information content (AvgIpc) is 3.50. The number of anilines is 3. The van der Waals surface area contributed by atoms with Crippen LogP contribution >= 0.6 is 0 Å². The van der Waals surface area contributed by atoms with Gasteiger partial charge in [0.05, 0.1) is 17.4 Å². The van der Waals surface area contributed by atoms with Crippen molar-refractivity contribution in [3.8, 4) is 0 Å². The molecule has 0 bridgehead atoms. The minimum atomic E-state index is -0.147. The molecule has 0 saturated carbocycles. The van der Waals surface area contributed by atoms with Crippen molar-refractivity contribution in [2.24, 2.45) is 7.05 Å². The van der Waals surface area contributed by atoms with E-state index < -0.39 is 0 Å². The number of carbonyl (C=O) groups excluding carboxylic acids is 1. The Balaban J connectivity index is 1.43.